The Labute approximate surface area is 100 Å². The van der Waals surface area contributed by atoms with E-state index in [9.17, 15) is 9.59 Å². The van der Waals surface area contributed by atoms with Crippen LogP contribution < -0.4 is 0 Å². The molecule has 0 heterocycles. The van der Waals surface area contributed by atoms with E-state index in [0.717, 1.165) is 3.57 Å². The average Bonchev–Trinajstić information content (AvgIpc) is 2.14. The summed E-state index contributed by atoms with van der Waals surface area (Å²) in [5.74, 6) is -1.95. The lowest BCUT2D eigenvalue weighted by atomic mass is 10.0. The summed E-state index contributed by atoms with van der Waals surface area (Å²) in [6.07, 6.45) is 0.189. The number of halogens is 1. The zero-order valence-electron chi connectivity index (χ0n) is 7.74. The molecule has 1 aromatic carbocycles. The van der Waals surface area contributed by atoms with Gasteiger partial charge in [-0.1, -0.05) is 0 Å². The normalized spacial score (nSPS) is 9.93. The third-order valence-electron chi connectivity index (χ3n) is 1.91. The molecule has 0 aliphatic carbocycles. The van der Waals surface area contributed by atoms with E-state index < -0.39 is 11.9 Å². The van der Waals surface area contributed by atoms with Gasteiger partial charge < -0.3 is 10.2 Å². The second-order valence-electron chi connectivity index (χ2n) is 3.00. The number of rotatable bonds is 4. The summed E-state index contributed by atoms with van der Waals surface area (Å²) in [4.78, 5) is 21.2. The molecule has 0 radical (unpaired) electrons. The number of hydrogen-bond acceptors (Lipinski definition) is 2. The minimum Gasteiger partial charge on any atom is -0.481 e. The van der Waals surface area contributed by atoms with E-state index in [2.05, 4.69) is 22.6 Å². The number of aryl methyl sites for hydroxylation is 1. The van der Waals surface area contributed by atoms with Gasteiger partial charge in [0.15, 0.2) is 0 Å². The molecule has 1 aromatic rings. The fourth-order valence-corrected chi connectivity index (χ4v) is 1.78. The Balaban J connectivity index is 2.96. The SMILES string of the molecule is O=C(O)CCc1cc(I)ccc1C(=O)O. The Morgan fingerprint density at radius 3 is 2.47 bits per heavy atom. The molecule has 1 rings (SSSR count). The van der Waals surface area contributed by atoms with Crippen LogP contribution in [0.1, 0.15) is 22.3 Å². The zero-order chi connectivity index (χ0) is 11.4. The maximum Gasteiger partial charge on any atom is 0.335 e. The highest BCUT2D eigenvalue weighted by atomic mass is 127. The highest BCUT2D eigenvalue weighted by molar-refractivity contribution is 14.1. The third-order valence-corrected chi connectivity index (χ3v) is 2.58. The van der Waals surface area contributed by atoms with E-state index in [1.54, 1.807) is 12.1 Å². The molecule has 0 saturated heterocycles. The molecule has 80 valence electrons. The van der Waals surface area contributed by atoms with Crippen LogP contribution >= 0.6 is 22.6 Å². The van der Waals surface area contributed by atoms with E-state index >= 15 is 0 Å². The molecule has 0 fully saturated rings. The second kappa shape index (κ2) is 5.11. The Morgan fingerprint density at radius 1 is 1.27 bits per heavy atom. The highest BCUT2D eigenvalue weighted by Gasteiger charge is 2.11. The van der Waals surface area contributed by atoms with Gasteiger partial charge in [-0.25, -0.2) is 4.79 Å². The smallest absolute Gasteiger partial charge is 0.335 e. The van der Waals surface area contributed by atoms with Crippen molar-refractivity contribution in [1.82, 2.24) is 0 Å². The van der Waals surface area contributed by atoms with Gasteiger partial charge in [-0.3, -0.25) is 4.79 Å². The minimum atomic E-state index is -1.02. The summed E-state index contributed by atoms with van der Waals surface area (Å²) in [5, 5.41) is 17.4. The van der Waals surface area contributed by atoms with Crippen LogP contribution in [0.4, 0.5) is 0 Å². The molecule has 0 saturated carbocycles. The van der Waals surface area contributed by atoms with Crippen LogP contribution in [0.2, 0.25) is 0 Å². The number of benzene rings is 1. The maximum absolute atomic E-state index is 10.8. The van der Waals surface area contributed by atoms with Crippen molar-refractivity contribution in [2.24, 2.45) is 0 Å². The first-order valence-corrected chi connectivity index (χ1v) is 5.32. The largest absolute Gasteiger partial charge is 0.481 e. The molecule has 0 aromatic heterocycles. The lowest BCUT2D eigenvalue weighted by Crippen LogP contribution is -2.05. The summed E-state index contributed by atoms with van der Waals surface area (Å²) in [5.41, 5.74) is 0.744. The molecular formula is C10H9IO4. The van der Waals surface area contributed by atoms with Crippen molar-refractivity contribution in [2.75, 3.05) is 0 Å². The second-order valence-corrected chi connectivity index (χ2v) is 4.25. The van der Waals surface area contributed by atoms with Crippen LogP contribution in [-0.2, 0) is 11.2 Å². The Bertz CT molecular complexity index is 400. The Morgan fingerprint density at radius 2 is 1.93 bits per heavy atom. The Hall–Kier alpha value is -1.11. The molecule has 5 heteroatoms. The molecule has 0 amide bonds. The first-order chi connectivity index (χ1) is 7.00. The molecule has 2 N–H and O–H groups in total. The summed E-state index contributed by atoms with van der Waals surface area (Å²) in [6, 6.07) is 4.89. The first-order valence-electron chi connectivity index (χ1n) is 4.24. The van der Waals surface area contributed by atoms with Crippen molar-refractivity contribution in [2.45, 2.75) is 12.8 Å². The van der Waals surface area contributed by atoms with Crippen molar-refractivity contribution >= 4 is 34.5 Å². The van der Waals surface area contributed by atoms with E-state index in [1.807, 2.05) is 0 Å². The summed E-state index contributed by atoms with van der Waals surface area (Å²) >= 11 is 2.06. The maximum atomic E-state index is 10.8. The van der Waals surface area contributed by atoms with Crippen molar-refractivity contribution in [3.63, 3.8) is 0 Å². The molecule has 0 aliphatic heterocycles. The number of aliphatic carboxylic acids is 1. The summed E-state index contributed by atoms with van der Waals surface area (Å²) < 4.78 is 0.901. The molecule has 0 spiro atoms. The van der Waals surface area contributed by atoms with Gasteiger partial charge in [0.2, 0.25) is 0 Å². The number of hydrogen-bond donors (Lipinski definition) is 2. The van der Waals surface area contributed by atoms with Gasteiger partial charge in [-0.05, 0) is 52.8 Å². The number of carbonyl (C=O) groups is 2. The monoisotopic (exact) mass is 320 g/mol. The lowest BCUT2D eigenvalue weighted by molar-refractivity contribution is -0.136. The van der Waals surface area contributed by atoms with E-state index in [0.29, 0.717) is 5.56 Å². The van der Waals surface area contributed by atoms with Crippen molar-refractivity contribution in [3.05, 3.63) is 32.9 Å². The van der Waals surface area contributed by atoms with Gasteiger partial charge in [-0.15, -0.1) is 0 Å². The number of carboxylic acids is 2. The standard InChI is InChI=1S/C10H9IO4/c11-7-2-3-8(10(14)15)6(5-7)1-4-9(12)13/h2-3,5H,1,4H2,(H,12,13)(H,14,15). The van der Waals surface area contributed by atoms with E-state index in [1.165, 1.54) is 6.07 Å². The fourth-order valence-electron chi connectivity index (χ4n) is 1.22. The van der Waals surface area contributed by atoms with Crippen LogP contribution in [0.5, 0.6) is 0 Å². The third kappa shape index (κ3) is 3.50. The summed E-state index contributed by atoms with van der Waals surface area (Å²) in [7, 11) is 0. The first kappa shape index (κ1) is 12.0. The highest BCUT2D eigenvalue weighted by Crippen LogP contribution is 2.15. The predicted octanol–water partition coefficient (Wildman–Crippen LogP) is 2.01. The molecular weight excluding hydrogens is 311 g/mol. The van der Waals surface area contributed by atoms with Gasteiger partial charge in [0, 0.05) is 9.99 Å². The Kier molecular flexibility index (Phi) is 4.07. The van der Waals surface area contributed by atoms with Crippen molar-refractivity contribution < 1.29 is 19.8 Å². The van der Waals surface area contributed by atoms with Crippen molar-refractivity contribution in [3.8, 4) is 0 Å². The van der Waals surface area contributed by atoms with Crippen LogP contribution in [0.3, 0.4) is 0 Å². The fraction of sp³-hybridized carbons (Fsp3) is 0.200. The van der Waals surface area contributed by atoms with Crippen molar-refractivity contribution in [1.29, 1.82) is 0 Å². The molecule has 0 atom stereocenters. The van der Waals surface area contributed by atoms with Gasteiger partial charge in [0.05, 0.1) is 5.56 Å². The van der Waals surface area contributed by atoms with E-state index in [-0.39, 0.29) is 18.4 Å². The molecule has 0 unspecified atom stereocenters. The topological polar surface area (TPSA) is 74.6 Å². The molecule has 0 bridgehead atoms. The van der Waals surface area contributed by atoms with Gasteiger partial charge >= 0.3 is 11.9 Å². The number of carboxylic acid groups (broad SMARTS) is 2. The van der Waals surface area contributed by atoms with Gasteiger partial charge in [0.25, 0.3) is 0 Å². The predicted molar refractivity (Wildman–Crippen MR) is 62.1 cm³/mol. The van der Waals surface area contributed by atoms with Crippen LogP contribution in [0.15, 0.2) is 18.2 Å². The van der Waals surface area contributed by atoms with Crippen LogP contribution in [0.25, 0.3) is 0 Å². The number of aromatic carboxylic acids is 1. The molecule has 4 nitrogen and oxygen atoms in total. The molecule has 15 heavy (non-hydrogen) atoms. The van der Waals surface area contributed by atoms with Crippen LogP contribution in [0, 0.1) is 3.57 Å². The quantitative estimate of drug-likeness (QED) is 0.832. The molecule has 0 aliphatic rings. The van der Waals surface area contributed by atoms with Crippen LogP contribution in [-0.4, -0.2) is 22.2 Å². The lowest BCUT2D eigenvalue weighted by Gasteiger charge is -2.04. The average molecular weight is 320 g/mol. The summed E-state index contributed by atoms with van der Waals surface area (Å²) in [6.45, 7) is 0. The van der Waals surface area contributed by atoms with E-state index in [4.69, 9.17) is 10.2 Å². The minimum absolute atomic E-state index is 0.0552. The van der Waals surface area contributed by atoms with Gasteiger partial charge in [-0.2, -0.15) is 0 Å². The zero-order valence-corrected chi connectivity index (χ0v) is 9.89. The van der Waals surface area contributed by atoms with Gasteiger partial charge in [0.1, 0.15) is 0 Å².